The molecule has 1 heterocycles. The maximum Gasteiger partial charge on any atom is 0.198 e. The molecule has 0 amide bonds. The Bertz CT molecular complexity index is 431. The molecule has 1 aromatic rings. The summed E-state index contributed by atoms with van der Waals surface area (Å²) >= 11 is 14.1. The molecule has 2 nitrogen and oxygen atoms in total. The lowest BCUT2D eigenvalue weighted by atomic mass is 9.96. The second-order valence-electron chi connectivity index (χ2n) is 3.48. The number of hydrogen-bond donors (Lipinski definition) is 0. The van der Waals surface area contributed by atoms with Crippen molar-refractivity contribution in [2.24, 2.45) is 0 Å². The van der Waals surface area contributed by atoms with Gasteiger partial charge in [-0.05, 0) is 47.7 Å². The van der Waals surface area contributed by atoms with Crippen LogP contribution in [0.5, 0.6) is 5.75 Å². The molecule has 15 heavy (non-hydrogen) atoms. The summed E-state index contributed by atoms with van der Waals surface area (Å²) in [6.45, 7) is 1.57. The minimum absolute atomic E-state index is 0.191. The predicted molar refractivity (Wildman–Crippen MR) is 68.0 cm³/mol. The lowest BCUT2D eigenvalue weighted by molar-refractivity contribution is 0.0845. The molecule has 1 aromatic carbocycles. The van der Waals surface area contributed by atoms with E-state index in [0.29, 0.717) is 11.3 Å². The molecule has 0 radical (unpaired) electrons. The summed E-state index contributed by atoms with van der Waals surface area (Å²) < 4.78 is 6.34. The molecule has 0 N–H and O–H groups in total. The van der Waals surface area contributed by atoms with Gasteiger partial charge in [-0.15, -0.1) is 11.6 Å². The SMILES string of the molecule is CC1(Cl)C(=O)c2cc(I)ccc2OC1Cl. The zero-order chi connectivity index (χ0) is 11.2. The molecule has 1 aliphatic heterocycles. The average Bonchev–Trinajstić information content (AvgIpc) is 2.17. The summed E-state index contributed by atoms with van der Waals surface area (Å²) in [7, 11) is 0. The number of alkyl halides is 2. The molecule has 80 valence electrons. The van der Waals surface area contributed by atoms with Crippen LogP contribution in [0.1, 0.15) is 17.3 Å². The quantitative estimate of drug-likeness (QED) is 0.526. The van der Waals surface area contributed by atoms with E-state index in [4.69, 9.17) is 27.9 Å². The first kappa shape index (κ1) is 11.5. The highest BCUT2D eigenvalue weighted by molar-refractivity contribution is 14.1. The summed E-state index contributed by atoms with van der Waals surface area (Å²) in [5.74, 6) is 0.308. The van der Waals surface area contributed by atoms with Gasteiger partial charge in [-0.25, -0.2) is 0 Å². The highest BCUT2D eigenvalue weighted by Gasteiger charge is 2.45. The number of Topliss-reactive ketones (excluding diaryl/α,β-unsaturated/α-hetero) is 1. The second-order valence-corrected chi connectivity index (χ2v) is 5.91. The smallest absolute Gasteiger partial charge is 0.198 e. The summed E-state index contributed by atoms with van der Waals surface area (Å²) in [4.78, 5) is 10.8. The highest BCUT2D eigenvalue weighted by Crippen LogP contribution is 2.39. The molecule has 2 atom stereocenters. The van der Waals surface area contributed by atoms with Crippen LogP contribution in [0.15, 0.2) is 18.2 Å². The number of ether oxygens (including phenoxy) is 1. The third-order valence-electron chi connectivity index (χ3n) is 2.29. The van der Waals surface area contributed by atoms with Gasteiger partial charge in [0.25, 0.3) is 0 Å². The Labute approximate surface area is 111 Å². The first-order valence-electron chi connectivity index (χ1n) is 4.27. The molecule has 1 aliphatic rings. The van der Waals surface area contributed by atoms with Crippen molar-refractivity contribution in [3.05, 3.63) is 27.3 Å². The van der Waals surface area contributed by atoms with Crippen LogP contribution in [0, 0.1) is 3.57 Å². The van der Waals surface area contributed by atoms with Gasteiger partial charge in [0.2, 0.25) is 0 Å². The molecule has 0 aliphatic carbocycles. The Morgan fingerprint density at radius 2 is 2.20 bits per heavy atom. The highest BCUT2D eigenvalue weighted by atomic mass is 127. The lowest BCUT2D eigenvalue weighted by Crippen LogP contribution is -2.45. The Morgan fingerprint density at radius 1 is 1.53 bits per heavy atom. The summed E-state index contributed by atoms with van der Waals surface area (Å²) in [6, 6.07) is 5.34. The molecule has 2 unspecified atom stereocenters. The number of carbonyl (C=O) groups excluding carboxylic acids is 1. The maximum atomic E-state index is 12.0. The van der Waals surface area contributed by atoms with Crippen LogP contribution in [0.2, 0.25) is 0 Å². The van der Waals surface area contributed by atoms with E-state index < -0.39 is 10.4 Å². The monoisotopic (exact) mass is 356 g/mol. The van der Waals surface area contributed by atoms with Crippen molar-refractivity contribution < 1.29 is 9.53 Å². The minimum Gasteiger partial charge on any atom is -0.472 e. The fraction of sp³-hybridized carbons (Fsp3) is 0.300. The Balaban J connectivity index is 2.57. The zero-order valence-corrected chi connectivity index (χ0v) is 11.4. The van der Waals surface area contributed by atoms with Crippen molar-refractivity contribution in [2.75, 3.05) is 0 Å². The molecular formula is C10H7Cl2IO2. The third-order valence-corrected chi connectivity index (χ3v) is 3.96. The van der Waals surface area contributed by atoms with E-state index in [9.17, 15) is 4.79 Å². The van der Waals surface area contributed by atoms with Crippen LogP contribution in [0.25, 0.3) is 0 Å². The van der Waals surface area contributed by atoms with Crippen molar-refractivity contribution in [1.29, 1.82) is 0 Å². The van der Waals surface area contributed by atoms with Crippen LogP contribution in [-0.4, -0.2) is 16.2 Å². The van der Waals surface area contributed by atoms with Crippen LogP contribution in [0.3, 0.4) is 0 Å². The van der Waals surface area contributed by atoms with Gasteiger partial charge in [-0.1, -0.05) is 11.6 Å². The van der Waals surface area contributed by atoms with Crippen molar-refractivity contribution in [1.82, 2.24) is 0 Å². The van der Waals surface area contributed by atoms with Gasteiger partial charge < -0.3 is 4.74 Å². The van der Waals surface area contributed by atoms with Crippen LogP contribution in [-0.2, 0) is 0 Å². The molecule has 2 rings (SSSR count). The Morgan fingerprint density at radius 3 is 2.87 bits per heavy atom. The van der Waals surface area contributed by atoms with Gasteiger partial charge >= 0.3 is 0 Å². The van der Waals surface area contributed by atoms with E-state index in [2.05, 4.69) is 22.6 Å². The molecule has 0 aromatic heterocycles. The van der Waals surface area contributed by atoms with Crippen LogP contribution >= 0.6 is 45.8 Å². The molecule has 5 heteroatoms. The van der Waals surface area contributed by atoms with Crippen molar-refractivity contribution in [3.8, 4) is 5.75 Å². The van der Waals surface area contributed by atoms with Gasteiger partial charge in [-0.3, -0.25) is 4.79 Å². The maximum absolute atomic E-state index is 12.0. The summed E-state index contributed by atoms with van der Waals surface area (Å²) in [6.07, 6.45) is 0. The molecule has 0 saturated carbocycles. The predicted octanol–water partition coefficient (Wildman–Crippen LogP) is 3.43. The Hall–Kier alpha value is -0.000000000000000111. The summed E-state index contributed by atoms with van der Waals surface area (Å²) in [5, 5.41) is 0. The second kappa shape index (κ2) is 3.79. The first-order valence-corrected chi connectivity index (χ1v) is 6.16. The van der Waals surface area contributed by atoms with Gasteiger partial charge in [0, 0.05) is 3.57 Å². The number of ketones is 1. The van der Waals surface area contributed by atoms with Gasteiger partial charge in [0.15, 0.2) is 16.2 Å². The molecule has 0 saturated heterocycles. The van der Waals surface area contributed by atoms with Gasteiger partial charge in [-0.2, -0.15) is 0 Å². The fourth-order valence-electron chi connectivity index (χ4n) is 1.37. The number of hydrogen-bond acceptors (Lipinski definition) is 2. The zero-order valence-electron chi connectivity index (χ0n) is 7.76. The largest absolute Gasteiger partial charge is 0.472 e. The lowest BCUT2D eigenvalue weighted by Gasteiger charge is -2.32. The van der Waals surface area contributed by atoms with Gasteiger partial charge in [0.1, 0.15) is 5.75 Å². The van der Waals surface area contributed by atoms with Crippen molar-refractivity contribution in [3.63, 3.8) is 0 Å². The third kappa shape index (κ3) is 1.85. The van der Waals surface area contributed by atoms with E-state index in [1.165, 1.54) is 0 Å². The first-order chi connectivity index (χ1) is 6.93. The minimum atomic E-state index is -1.20. The van der Waals surface area contributed by atoms with Crippen molar-refractivity contribution in [2.45, 2.75) is 17.4 Å². The van der Waals surface area contributed by atoms with E-state index in [-0.39, 0.29) is 5.78 Å². The van der Waals surface area contributed by atoms with Crippen LogP contribution in [0.4, 0.5) is 0 Å². The van der Waals surface area contributed by atoms with E-state index in [1.54, 1.807) is 19.1 Å². The topological polar surface area (TPSA) is 26.3 Å². The summed E-state index contributed by atoms with van der Waals surface area (Å²) in [5.41, 5.74) is -0.337. The number of rotatable bonds is 0. The standard InChI is InChI=1S/C10H7Cl2IO2/c1-10(12)8(14)6-4-5(13)2-3-7(6)15-9(10)11/h2-4,9H,1H3. The molecular weight excluding hydrogens is 350 g/mol. The number of benzene rings is 1. The molecule has 0 fully saturated rings. The number of carbonyl (C=O) groups is 1. The van der Waals surface area contributed by atoms with E-state index in [0.717, 1.165) is 3.57 Å². The Kier molecular flexibility index (Phi) is 2.90. The fourth-order valence-corrected chi connectivity index (χ4v) is 2.20. The molecule has 0 spiro atoms. The van der Waals surface area contributed by atoms with E-state index >= 15 is 0 Å². The molecule has 0 bridgehead atoms. The van der Waals surface area contributed by atoms with E-state index in [1.807, 2.05) is 6.07 Å². The van der Waals surface area contributed by atoms with Gasteiger partial charge in [0.05, 0.1) is 5.56 Å². The van der Waals surface area contributed by atoms with Crippen LogP contribution < -0.4 is 4.74 Å². The number of fused-ring (bicyclic) bond motifs is 1. The normalized spacial score (nSPS) is 29.6. The number of halogens is 3. The average molecular weight is 357 g/mol. The van der Waals surface area contributed by atoms with Crippen molar-refractivity contribution >= 4 is 51.6 Å².